The summed E-state index contributed by atoms with van der Waals surface area (Å²) in [4.78, 5) is 2.47. The molecule has 0 saturated heterocycles. The average molecular weight is 700 g/mol. The van der Waals surface area contributed by atoms with Gasteiger partial charge in [-0.1, -0.05) is 127 Å². The summed E-state index contributed by atoms with van der Waals surface area (Å²) < 4.78 is 4.86. The second-order valence-electron chi connectivity index (χ2n) is 14.5. The number of benzene rings is 9. The SMILES string of the molecule is c1ccc(N(c2ccc3c(c2)c2ccccc2n3-c2ccccc2)c2cc3c4c5c(cccc25)-c2ccccc2-c2cccc(c24)n3-c2ccccc2)cc1. The van der Waals surface area contributed by atoms with Gasteiger partial charge in [0.15, 0.2) is 0 Å². The van der Waals surface area contributed by atoms with Crippen molar-refractivity contribution in [2.24, 2.45) is 0 Å². The highest BCUT2D eigenvalue weighted by Gasteiger charge is 2.28. The van der Waals surface area contributed by atoms with Crippen molar-refractivity contribution in [2.45, 2.75) is 0 Å². The second-order valence-corrected chi connectivity index (χ2v) is 14.5. The van der Waals surface area contributed by atoms with Gasteiger partial charge in [0.05, 0.1) is 27.8 Å². The van der Waals surface area contributed by atoms with E-state index in [1.165, 1.54) is 76.6 Å². The number of hydrogen-bond acceptors (Lipinski definition) is 1. The van der Waals surface area contributed by atoms with Gasteiger partial charge in [0.25, 0.3) is 0 Å². The first-order valence-corrected chi connectivity index (χ1v) is 19.0. The zero-order valence-electron chi connectivity index (χ0n) is 29.9. The van der Waals surface area contributed by atoms with Crippen molar-refractivity contribution in [2.75, 3.05) is 4.90 Å². The van der Waals surface area contributed by atoms with E-state index < -0.39 is 0 Å². The highest BCUT2D eigenvalue weighted by molar-refractivity contribution is 6.32. The number of aromatic nitrogens is 2. The Kier molecular flexibility index (Phi) is 6.34. The first-order chi connectivity index (χ1) is 27.3. The van der Waals surface area contributed by atoms with Gasteiger partial charge < -0.3 is 14.0 Å². The molecule has 55 heavy (non-hydrogen) atoms. The third-order valence-corrected chi connectivity index (χ3v) is 11.6. The highest BCUT2D eigenvalue weighted by Crippen LogP contribution is 2.53. The zero-order valence-corrected chi connectivity index (χ0v) is 29.9. The highest BCUT2D eigenvalue weighted by atomic mass is 15.1. The van der Waals surface area contributed by atoms with Crippen LogP contribution in [0.4, 0.5) is 17.1 Å². The molecule has 1 aliphatic rings. The molecule has 11 aromatic rings. The van der Waals surface area contributed by atoms with Gasteiger partial charge in [0, 0.05) is 55.1 Å². The van der Waals surface area contributed by atoms with Gasteiger partial charge in [-0.3, -0.25) is 0 Å². The molecule has 0 N–H and O–H groups in total. The van der Waals surface area contributed by atoms with E-state index in [9.17, 15) is 0 Å². The summed E-state index contributed by atoms with van der Waals surface area (Å²) in [6.07, 6.45) is 0. The van der Waals surface area contributed by atoms with Crippen LogP contribution in [0.2, 0.25) is 0 Å². The quantitative estimate of drug-likeness (QED) is 0.174. The largest absolute Gasteiger partial charge is 0.310 e. The van der Waals surface area contributed by atoms with E-state index in [-0.39, 0.29) is 0 Å². The van der Waals surface area contributed by atoms with Gasteiger partial charge >= 0.3 is 0 Å². The minimum absolute atomic E-state index is 1.11. The normalized spacial score (nSPS) is 12.0. The lowest BCUT2D eigenvalue weighted by Crippen LogP contribution is -2.11. The Hall–Kier alpha value is -7.36. The lowest BCUT2D eigenvalue weighted by Gasteiger charge is -2.28. The maximum atomic E-state index is 2.47. The molecule has 0 bridgehead atoms. The van der Waals surface area contributed by atoms with Crippen molar-refractivity contribution in [1.82, 2.24) is 9.13 Å². The molecule has 0 saturated carbocycles. The number of para-hydroxylation sites is 4. The van der Waals surface area contributed by atoms with Crippen LogP contribution in [0.3, 0.4) is 0 Å². The number of fused-ring (bicyclic) bond motifs is 6. The van der Waals surface area contributed by atoms with Gasteiger partial charge in [0.2, 0.25) is 0 Å². The predicted octanol–water partition coefficient (Wildman–Crippen LogP) is 14.2. The fourth-order valence-electron chi connectivity index (χ4n) is 9.39. The molecular formula is C52H33N3. The lowest BCUT2D eigenvalue weighted by atomic mass is 9.92. The molecule has 12 rings (SSSR count). The monoisotopic (exact) mass is 699 g/mol. The Morgan fingerprint density at radius 2 is 0.818 bits per heavy atom. The van der Waals surface area contributed by atoms with E-state index >= 15 is 0 Å². The Labute approximate surface area is 318 Å². The summed E-state index contributed by atoms with van der Waals surface area (Å²) in [7, 11) is 0. The molecule has 1 aliphatic carbocycles. The molecule has 0 fully saturated rings. The van der Waals surface area contributed by atoms with E-state index in [2.05, 4.69) is 214 Å². The van der Waals surface area contributed by atoms with Crippen LogP contribution in [0, 0.1) is 0 Å². The van der Waals surface area contributed by atoms with Crippen molar-refractivity contribution < 1.29 is 0 Å². The van der Waals surface area contributed by atoms with Crippen LogP contribution in [0.25, 0.3) is 88.0 Å². The molecular weight excluding hydrogens is 667 g/mol. The topological polar surface area (TPSA) is 13.1 Å². The van der Waals surface area contributed by atoms with E-state index in [0.29, 0.717) is 0 Å². The molecule has 9 aromatic carbocycles. The average Bonchev–Trinajstić information content (AvgIpc) is 3.73. The summed E-state index contributed by atoms with van der Waals surface area (Å²) >= 11 is 0. The third-order valence-electron chi connectivity index (χ3n) is 11.6. The van der Waals surface area contributed by atoms with Gasteiger partial charge in [-0.2, -0.15) is 0 Å². The fraction of sp³-hybridized carbons (Fsp3) is 0. The number of anilines is 3. The van der Waals surface area contributed by atoms with Crippen molar-refractivity contribution in [1.29, 1.82) is 0 Å². The summed E-state index contributed by atoms with van der Waals surface area (Å²) in [6, 6.07) is 73.2. The Bertz CT molecular complexity index is 3300. The second kappa shape index (κ2) is 11.6. The van der Waals surface area contributed by atoms with E-state index in [0.717, 1.165) is 28.4 Å². The molecule has 2 heterocycles. The first-order valence-electron chi connectivity index (χ1n) is 19.0. The molecule has 2 aromatic heterocycles. The van der Waals surface area contributed by atoms with E-state index in [1.54, 1.807) is 0 Å². The number of rotatable bonds is 5. The van der Waals surface area contributed by atoms with Crippen LogP contribution < -0.4 is 4.90 Å². The van der Waals surface area contributed by atoms with Gasteiger partial charge in [-0.25, -0.2) is 0 Å². The minimum Gasteiger partial charge on any atom is -0.310 e. The molecule has 256 valence electrons. The van der Waals surface area contributed by atoms with Crippen LogP contribution in [-0.4, -0.2) is 9.13 Å². The Balaban J connectivity index is 1.23. The summed E-state index contributed by atoms with van der Waals surface area (Å²) in [5.41, 5.74) is 15.5. The number of hydrogen-bond donors (Lipinski definition) is 0. The van der Waals surface area contributed by atoms with Crippen LogP contribution in [0.15, 0.2) is 200 Å². The Morgan fingerprint density at radius 1 is 0.291 bits per heavy atom. The third kappa shape index (κ3) is 4.26. The van der Waals surface area contributed by atoms with Crippen molar-refractivity contribution in [3.63, 3.8) is 0 Å². The summed E-state index contributed by atoms with van der Waals surface area (Å²) in [5, 5.41) is 7.57. The smallest absolute Gasteiger partial charge is 0.0568 e. The molecule has 0 aliphatic heterocycles. The lowest BCUT2D eigenvalue weighted by molar-refractivity contribution is 1.18. The molecule has 0 atom stereocenters. The molecule has 0 spiro atoms. The molecule has 0 unspecified atom stereocenters. The predicted molar refractivity (Wildman–Crippen MR) is 232 cm³/mol. The van der Waals surface area contributed by atoms with Crippen molar-refractivity contribution >= 4 is 71.4 Å². The molecule has 3 nitrogen and oxygen atoms in total. The van der Waals surface area contributed by atoms with E-state index in [4.69, 9.17) is 0 Å². The zero-order chi connectivity index (χ0) is 36.0. The van der Waals surface area contributed by atoms with Crippen LogP contribution >= 0.6 is 0 Å². The maximum Gasteiger partial charge on any atom is 0.0568 e. The Morgan fingerprint density at radius 3 is 1.55 bits per heavy atom. The van der Waals surface area contributed by atoms with Gasteiger partial charge in [0.1, 0.15) is 0 Å². The fourth-order valence-corrected chi connectivity index (χ4v) is 9.39. The van der Waals surface area contributed by atoms with Gasteiger partial charge in [-0.05, 0) is 95.1 Å². The van der Waals surface area contributed by atoms with Crippen LogP contribution in [0.5, 0.6) is 0 Å². The van der Waals surface area contributed by atoms with Crippen LogP contribution in [-0.2, 0) is 0 Å². The minimum atomic E-state index is 1.11. The maximum absolute atomic E-state index is 2.47. The summed E-state index contributed by atoms with van der Waals surface area (Å²) in [6.45, 7) is 0. The molecule has 0 radical (unpaired) electrons. The molecule has 0 amide bonds. The van der Waals surface area contributed by atoms with Crippen molar-refractivity contribution in [3.05, 3.63) is 200 Å². The van der Waals surface area contributed by atoms with Gasteiger partial charge in [-0.15, -0.1) is 0 Å². The standard InChI is InChI=1S/C52H33N3/c1-4-16-34(17-5-1)53(37-30-31-46-44(32-37)40-24-12-13-28-45(40)54(46)35-18-6-2-7-19-35)48-33-49-52-50-41(25-14-27-43(48)50)38-22-10-11-23-39(38)42-26-15-29-47(51(42)52)55(49)36-20-8-3-9-21-36/h1-33H. The number of nitrogens with zero attached hydrogens (tertiary/aromatic N) is 3. The summed E-state index contributed by atoms with van der Waals surface area (Å²) in [5.74, 6) is 0. The van der Waals surface area contributed by atoms with E-state index in [1.807, 2.05) is 0 Å². The van der Waals surface area contributed by atoms with Crippen LogP contribution in [0.1, 0.15) is 0 Å². The molecule has 3 heteroatoms. The first kappa shape index (κ1) is 30.1. The van der Waals surface area contributed by atoms with Crippen molar-refractivity contribution in [3.8, 4) is 33.6 Å².